The van der Waals surface area contributed by atoms with Gasteiger partial charge in [-0.1, -0.05) is 37.0 Å². The second kappa shape index (κ2) is 5.23. The van der Waals surface area contributed by atoms with Gasteiger partial charge in [-0.25, -0.2) is 0 Å². The van der Waals surface area contributed by atoms with E-state index in [1.165, 1.54) is 0 Å². The van der Waals surface area contributed by atoms with E-state index in [9.17, 15) is 0 Å². The first-order valence-electron chi connectivity index (χ1n) is 4.34. The molecule has 0 aromatic heterocycles. The Kier molecular flexibility index (Phi) is 4.23. The smallest absolute Gasteiger partial charge is 0.129 e. The van der Waals surface area contributed by atoms with Crippen LogP contribution in [-0.2, 0) is 0 Å². The average Bonchev–Trinajstić information content (AvgIpc) is 2.16. The van der Waals surface area contributed by atoms with Crippen molar-refractivity contribution in [2.45, 2.75) is 13.8 Å². The molecule has 1 aromatic carbocycles. The Balaban J connectivity index is 2.62. The summed E-state index contributed by atoms with van der Waals surface area (Å²) in [5.41, 5.74) is 3.72. The summed E-state index contributed by atoms with van der Waals surface area (Å²) >= 11 is 11.6. The third-order valence-corrected chi connectivity index (χ3v) is 2.39. The number of hydrazone groups is 1. The van der Waals surface area contributed by atoms with Crippen LogP contribution in [0.3, 0.4) is 0 Å². The molecule has 1 N–H and O–H groups in total. The van der Waals surface area contributed by atoms with Gasteiger partial charge < -0.3 is 0 Å². The molecule has 0 fully saturated rings. The van der Waals surface area contributed by atoms with Crippen LogP contribution in [-0.4, -0.2) is 5.17 Å². The number of hydrogen-bond acceptors (Lipinski definition) is 2. The Labute approximate surface area is 93.9 Å². The maximum absolute atomic E-state index is 5.86. The summed E-state index contributed by atoms with van der Waals surface area (Å²) < 4.78 is 0. The monoisotopic (exact) mass is 230 g/mol. The molecule has 0 heterocycles. The van der Waals surface area contributed by atoms with Gasteiger partial charge in [0.1, 0.15) is 5.17 Å². The fourth-order valence-corrected chi connectivity index (χ4v) is 0.940. The fourth-order valence-electron chi connectivity index (χ4n) is 0.771. The van der Waals surface area contributed by atoms with Gasteiger partial charge in [-0.15, -0.1) is 0 Å². The Morgan fingerprint density at radius 2 is 1.86 bits per heavy atom. The van der Waals surface area contributed by atoms with E-state index in [0.29, 0.717) is 10.2 Å². The van der Waals surface area contributed by atoms with E-state index < -0.39 is 0 Å². The van der Waals surface area contributed by atoms with E-state index in [4.69, 9.17) is 23.2 Å². The normalized spacial score (nSPS) is 11.9. The number of hydrogen-bond donors (Lipinski definition) is 1. The largest absolute Gasteiger partial charge is 0.277 e. The predicted octanol–water partition coefficient (Wildman–Crippen LogP) is 3.96. The van der Waals surface area contributed by atoms with Crippen molar-refractivity contribution in [1.82, 2.24) is 0 Å². The molecule has 0 aliphatic rings. The first-order valence-corrected chi connectivity index (χ1v) is 5.10. The third kappa shape index (κ3) is 3.56. The number of nitrogens with one attached hydrogen (secondary N) is 1. The summed E-state index contributed by atoms with van der Waals surface area (Å²) in [4.78, 5) is 0. The predicted molar refractivity (Wildman–Crippen MR) is 63.2 cm³/mol. The van der Waals surface area contributed by atoms with E-state index in [2.05, 4.69) is 10.5 Å². The van der Waals surface area contributed by atoms with Gasteiger partial charge in [0.15, 0.2) is 0 Å². The zero-order chi connectivity index (χ0) is 10.6. The van der Waals surface area contributed by atoms with Crippen molar-refractivity contribution in [2.24, 2.45) is 11.0 Å². The van der Waals surface area contributed by atoms with Crippen molar-refractivity contribution in [2.75, 3.05) is 5.43 Å². The van der Waals surface area contributed by atoms with E-state index in [-0.39, 0.29) is 5.92 Å². The van der Waals surface area contributed by atoms with Crippen LogP contribution in [0.25, 0.3) is 0 Å². The van der Waals surface area contributed by atoms with Gasteiger partial charge in [0, 0.05) is 10.9 Å². The summed E-state index contributed by atoms with van der Waals surface area (Å²) in [6.45, 7) is 3.96. The molecular weight excluding hydrogens is 219 g/mol. The summed E-state index contributed by atoms with van der Waals surface area (Å²) in [5, 5.41) is 5.27. The number of rotatable bonds is 3. The highest BCUT2D eigenvalue weighted by Crippen LogP contribution is 2.13. The second-order valence-electron chi connectivity index (χ2n) is 3.21. The van der Waals surface area contributed by atoms with Crippen LogP contribution in [0.1, 0.15) is 13.8 Å². The summed E-state index contributed by atoms with van der Waals surface area (Å²) in [5.74, 6) is 0.233. The molecule has 0 amide bonds. The standard InChI is InChI=1S/C10H12Cl2N2/c1-7(2)10(12)14-13-9-5-3-8(11)4-6-9/h3-7,13H,1-2H3. The van der Waals surface area contributed by atoms with Gasteiger partial charge in [0.25, 0.3) is 0 Å². The van der Waals surface area contributed by atoms with Gasteiger partial charge in [-0.3, -0.25) is 5.43 Å². The molecule has 0 unspecified atom stereocenters. The molecule has 1 rings (SSSR count). The number of halogens is 2. The maximum atomic E-state index is 5.86. The molecule has 0 spiro atoms. The Morgan fingerprint density at radius 3 is 2.36 bits per heavy atom. The second-order valence-corrected chi connectivity index (χ2v) is 4.03. The van der Waals surface area contributed by atoms with Crippen LogP contribution in [0.5, 0.6) is 0 Å². The zero-order valence-electron chi connectivity index (χ0n) is 8.09. The van der Waals surface area contributed by atoms with Crippen LogP contribution in [0.4, 0.5) is 5.69 Å². The topological polar surface area (TPSA) is 24.4 Å². The highest BCUT2D eigenvalue weighted by Gasteiger charge is 1.99. The molecule has 0 radical (unpaired) electrons. The van der Waals surface area contributed by atoms with E-state index in [1.54, 1.807) is 12.1 Å². The van der Waals surface area contributed by atoms with Gasteiger partial charge in [-0.05, 0) is 24.3 Å². The maximum Gasteiger partial charge on any atom is 0.129 e. The minimum Gasteiger partial charge on any atom is -0.277 e. The van der Waals surface area contributed by atoms with E-state index in [1.807, 2.05) is 26.0 Å². The molecule has 0 bridgehead atoms. The van der Waals surface area contributed by atoms with Gasteiger partial charge in [0.2, 0.25) is 0 Å². The molecule has 0 aliphatic carbocycles. The van der Waals surface area contributed by atoms with Crippen LogP contribution >= 0.6 is 23.2 Å². The van der Waals surface area contributed by atoms with Crippen molar-refractivity contribution < 1.29 is 0 Å². The molecular formula is C10H12Cl2N2. The molecule has 0 aliphatic heterocycles. The van der Waals surface area contributed by atoms with Gasteiger partial charge >= 0.3 is 0 Å². The Hall–Kier alpha value is -0.730. The highest BCUT2D eigenvalue weighted by molar-refractivity contribution is 6.65. The molecule has 1 aromatic rings. The lowest BCUT2D eigenvalue weighted by molar-refractivity contribution is 0.895. The van der Waals surface area contributed by atoms with Crippen LogP contribution in [0.2, 0.25) is 5.02 Å². The van der Waals surface area contributed by atoms with Crippen LogP contribution in [0, 0.1) is 5.92 Å². The molecule has 76 valence electrons. The Bertz CT molecular complexity index is 317. The quantitative estimate of drug-likeness (QED) is 0.617. The number of anilines is 1. The first-order chi connectivity index (χ1) is 6.59. The van der Waals surface area contributed by atoms with Crippen molar-refractivity contribution >= 4 is 34.1 Å². The first kappa shape index (κ1) is 11.3. The van der Waals surface area contributed by atoms with Crippen LogP contribution < -0.4 is 5.43 Å². The SMILES string of the molecule is CC(C)C(Cl)=NNc1ccc(Cl)cc1. The van der Waals surface area contributed by atoms with Gasteiger partial charge in [-0.2, -0.15) is 5.10 Å². The highest BCUT2D eigenvalue weighted by atomic mass is 35.5. The van der Waals surface area contributed by atoms with Crippen molar-refractivity contribution in [1.29, 1.82) is 0 Å². The molecule has 0 atom stereocenters. The lowest BCUT2D eigenvalue weighted by Crippen LogP contribution is -2.02. The van der Waals surface area contributed by atoms with E-state index >= 15 is 0 Å². The van der Waals surface area contributed by atoms with E-state index in [0.717, 1.165) is 5.69 Å². The number of benzene rings is 1. The fraction of sp³-hybridized carbons (Fsp3) is 0.300. The zero-order valence-corrected chi connectivity index (χ0v) is 9.60. The lowest BCUT2D eigenvalue weighted by Gasteiger charge is -2.03. The molecule has 2 nitrogen and oxygen atoms in total. The minimum absolute atomic E-state index is 0.233. The molecule has 4 heteroatoms. The Morgan fingerprint density at radius 1 is 1.29 bits per heavy atom. The van der Waals surface area contributed by atoms with Crippen molar-refractivity contribution in [3.8, 4) is 0 Å². The van der Waals surface area contributed by atoms with Gasteiger partial charge in [0.05, 0.1) is 5.69 Å². The molecule has 0 saturated carbocycles. The lowest BCUT2D eigenvalue weighted by atomic mass is 10.2. The summed E-state index contributed by atoms with van der Waals surface area (Å²) in [6.07, 6.45) is 0. The third-order valence-electron chi connectivity index (χ3n) is 1.61. The van der Waals surface area contributed by atoms with Crippen molar-refractivity contribution in [3.63, 3.8) is 0 Å². The molecule has 0 saturated heterocycles. The average molecular weight is 231 g/mol. The summed E-state index contributed by atoms with van der Waals surface area (Å²) in [6, 6.07) is 7.28. The minimum atomic E-state index is 0.233. The number of nitrogens with zero attached hydrogens (tertiary/aromatic N) is 1. The van der Waals surface area contributed by atoms with Crippen molar-refractivity contribution in [3.05, 3.63) is 29.3 Å². The molecule has 14 heavy (non-hydrogen) atoms. The van der Waals surface area contributed by atoms with Crippen LogP contribution in [0.15, 0.2) is 29.4 Å². The summed E-state index contributed by atoms with van der Waals surface area (Å²) in [7, 11) is 0.